The molecule has 0 fully saturated rings. The first kappa shape index (κ1) is 20.0. The Kier molecular flexibility index (Phi) is 4.79. The second kappa shape index (κ2) is 7.19. The number of para-hydroxylation sites is 1. The number of benzene rings is 2. The summed E-state index contributed by atoms with van der Waals surface area (Å²) >= 11 is 6.41. The third-order valence-electron chi connectivity index (χ3n) is 5.05. The van der Waals surface area contributed by atoms with Crippen molar-refractivity contribution in [2.24, 2.45) is 5.73 Å². The highest BCUT2D eigenvalue weighted by Crippen LogP contribution is 2.49. The molecular formula is C23H20ClFN4O. The average Bonchev–Trinajstić information content (AvgIpc) is 3.08. The van der Waals surface area contributed by atoms with Crippen molar-refractivity contribution in [2.75, 3.05) is 0 Å². The van der Waals surface area contributed by atoms with Crippen molar-refractivity contribution in [2.45, 2.75) is 32.1 Å². The summed E-state index contributed by atoms with van der Waals surface area (Å²) in [4.78, 5) is 0. The lowest BCUT2D eigenvalue weighted by atomic mass is 9.78. The Morgan fingerprint density at radius 1 is 1.13 bits per heavy atom. The van der Waals surface area contributed by atoms with Crippen LogP contribution < -0.4 is 10.5 Å². The Morgan fingerprint density at radius 3 is 2.43 bits per heavy atom. The Hall–Kier alpha value is -3.30. The lowest BCUT2D eigenvalue weighted by molar-refractivity contribution is 0.366. The second-order valence-electron chi connectivity index (χ2n) is 8.12. The normalized spacial score (nSPS) is 16.1. The summed E-state index contributed by atoms with van der Waals surface area (Å²) in [5.74, 6) is -1.09. The summed E-state index contributed by atoms with van der Waals surface area (Å²) in [6.07, 6.45) is 0. The molecule has 1 atom stereocenters. The first-order valence-electron chi connectivity index (χ1n) is 9.44. The van der Waals surface area contributed by atoms with Crippen LogP contribution in [-0.2, 0) is 5.41 Å². The largest absolute Gasteiger partial charge is 0.422 e. The maximum absolute atomic E-state index is 15.0. The molecule has 5 nitrogen and oxygen atoms in total. The third-order valence-corrected chi connectivity index (χ3v) is 5.38. The van der Waals surface area contributed by atoms with Crippen LogP contribution in [-0.4, -0.2) is 9.78 Å². The van der Waals surface area contributed by atoms with Crippen LogP contribution in [0.2, 0.25) is 5.02 Å². The molecule has 7 heteroatoms. The van der Waals surface area contributed by atoms with Crippen LogP contribution >= 0.6 is 11.6 Å². The molecule has 1 aliphatic heterocycles. The van der Waals surface area contributed by atoms with E-state index < -0.39 is 17.2 Å². The number of fused-ring (bicyclic) bond motifs is 1. The Bertz CT molecular complexity index is 1180. The van der Waals surface area contributed by atoms with Gasteiger partial charge in [-0.15, -0.1) is 0 Å². The highest BCUT2D eigenvalue weighted by atomic mass is 35.5. The van der Waals surface area contributed by atoms with Gasteiger partial charge in [0.05, 0.1) is 22.9 Å². The van der Waals surface area contributed by atoms with E-state index in [9.17, 15) is 9.65 Å². The molecule has 0 unspecified atom stereocenters. The van der Waals surface area contributed by atoms with Crippen LogP contribution in [0.5, 0.6) is 5.88 Å². The average molecular weight is 423 g/mol. The van der Waals surface area contributed by atoms with E-state index in [4.69, 9.17) is 27.2 Å². The summed E-state index contributed by atoms with van der Waals surface area (Å²) in [5, 5.41) is 14.9. The minimum absolute atomic E-state index is 0.0909. The van der Waals surface area contributed by atoms with Gasteiger partial charge in [0, 0.05) is 16.0 Å². The highest BCUT2D eigenvalue weighted by molar-refractivity contribution is 6.31. The van der Waals surface area contributed by atoms with Gasteiger partial charge in [-0.05, 0) is 24.3 Å². The molecule has 0 bridgehead atoms. The number of hydrogen-bond donors (Lipinski definition) is 1. The van der Waals surface area contributed by atoms with Crippen molar-refractivity contribution in [1.82, 2.24) is 9.78 Å². The number of ether oxygens (including phenoxy) is 1. The maximum Gasteiger partial charge on any atom is 0.229 e. The van der Waals surface area contributed by atoms with Crippen LogP contribution in [0, 0.1) is 17.1 Å². The van der Waals surface area contributed by atoms with Crippen molar-refractivity contribution in [3.63, 3.8) is 0 Å². The molecule has 0 radical (unpaired) electrons. The second-order valence-corrected chi connectivity index (χ2v) is 8.53. The predicted molar refractivity (Wildman–Crippen MR) is 113 cm³/mol. The number of hydrogen-bond acceptors (Lipinski definition) is 4. The first-order chi connectivity index (χ1) is 14.2. The van der Waals surface area contributed by atoms with E-state index in [-0.39, 0.29) is 22.0 Å². The van der Waals surface area contributed by atoms with Gasteiger partial charge in [-0.1, -0.05) is 56.6 Å². The smallest absolute Gasteiger partial charge is 0.229 e. The van der Waals surface area contributed by atoms with Gasteiger partial charge in [0.25, 0.3) is 0 Å². The number of nitriles is 1. The number of halogens is 2. The van der Waals surface area contributed by atoms with Gasteiger partial charge in [-0.2, -0.15) is 10.4 Å². The number of nitrogens with zero attached hydrogens (tertiary/aromatic N) is 3. The molecule has 1 aromatic heterocycles. The van der Waals surface area contributed by atoms with E-state index >= 15 is 0 Å². The van der Waals surface area contributed by atoms with Gasteiger partial charge in [-0.25, -0.2) is 9.07 Å². The van der Waals surface area contributed by atoms with Crippen LogP contribution in [0.25, 0.3) is 5.69 Å². The van der Waals surface area contributed by atoms with E-state index in [1.54, 1.807) is 10.7 Å². The fraction of sp³-hybridized carbons (Fsp3) is 0.217. The monoisotopic (exact) mass is 422 g/mol. The molecule has 3 aromatic rings. The lowest BCUT2D eigenvalue weighted by Crippen LogP contribution is -2.24. The summed E-state index contributed by atoms with van der Waals surface area (Å²) in [7, 11) is 0. The van der Waals surface area contributed by atoms with E-state index in [1.807, 2.05) is 51.1 Å². The summed E-state index contributed by atoms with van der Waals surface area (Å²) in [6.45, 7) is 6.00. The maximum atomic E-state index is 15.0. The van der Waals surface area contributed by atoms with Crippen molar-refractivity contribution < 1.29 is 9.13 Å². The standard InChI is InChI=1S/C23H20ClFN4O/c1-23(2,3)20-19-17(18-15(24)10-7-11-16(18)25)14(12-26)21(27)30-22(19)29(28-20)13-8-5-4-6-9-13/h4-11,17H,27H2,1-3H3/t17-/m0/s1. The molecule has 30 heavy (non-hydrogen) atoms. The van der Waals surface area contributed by atoms with Crippen LogP contribution in [0.1, 0.15) is 43.5 Å². The molecule has 0 saturated heterocycles. The zero-order valence-electron chi connectivity index (χ0n) is 16.8. The van der Waals surface area contributed by atoms with Gasteiger partial charge >= 0.3 is 0 Å². The molecule has 2 N–H and O–H groups in total. The fourth-order valence-electron chi connectivity index (χ4n) is 3.71. The summed E-state index contributed by atoms with van der Waals surface area (Å²) in [6, 6.07) is 16.0. The fourth-order valence-corrected chi connectivity index (χ4v) is 3.98. The van der Waals surface area contributed by atoms with Crippen LogP contribution in [0.4, 0.5) is 4.39 Å². The topological polar surface area (TPSA) is 76.9 Å². The summed E-state index contributed by atoms with van der Waals surface area (Å²) in [5.41, 5.74) is 8.01. The molecule has 2 heterocycles. The zero-order valence-corrected chi connectivity index (χ0v) is 17.5. The minimum atomic E-state index is -0.834. The van der Waals surface area contributed by atoms with Crippen molar-refractivity contribution in [3.8, 4) is 17.6 Å². The van der Waals surface area contributed by atoms with Crippen molar-refractivity contribution in [3.05, 3.63) is 87.6 Å². The number of rotatable bonds is 2. The van der Waals surface area contributed by atoms with Crippen LogP contribution in [0.15, 0.2) is 60.0 Å². The number of aromatic nitrogens is 2. The Labute approximate surface area is 179 Å². The molecule has 152 valence electrons. The quantitative estimate of drug-likeness (QED) is 0.617. The molecule has 0 amide bonds. The van der Waals surface area contributed by atoms with E-state index in [1.165, 1.54) is 12.1 Å². The number of nitrogens with two attached hydrogens (primary N) is 1. The molecular weight excluding hydrogens is 403 g/mol. The third kappa shape index (κ3) is 3.12. The minimum Gasteiger partial charge on any atom is -0.422 e. The molecule has 0 aliphatic carbocycles. The van der Waals surface area contributed by atoms with Crippen LogP contribution in [0.3, 0.4) is 0 Å². The van der Waals surface area contributed by atoms with Gasteiger partial charge < -0.3 is 10.5 Å². The lowest BCUT2D eigenvalue weighted by Gasteiger charge is -2.28. The number of allylic oxidation sites excluding steroid dienone is 1. The van der Waals surface area contributed by atoms with Crippen molar-refractivity contribution >= 4 is 11.6 Å². The molecule has 0 spiro atoms. The van der Waals surface area contributed by atoms with Gasteiger partial charge in [0.1, 0.15) is 17.5 Å². The van der Waals surface area contributed by atoms with E-state index in [0.29, 0.717) is 17.1 Å². The Balaban J connectivity index is 2.10. The van der Waals surface area contributed by atoms with Gasteiger partial charge in [-0.3, -0.25) is 0 Å². The highest BCUT2D eigenvalue weighted by Gasteiger charge is 2.41. The van der Waals surface area contributed by atoms with Gasteiger partial charge in [0.2, 0.25) is 11.8 Å². The van der Waals surface area contributed by atoms with E-state index in [0.717, 1.165) is 5.69 Å². The predicted octanol–water partition coefficient (Wildman–Crippen LogP) is 5.18. The Morgan fingerprint density at radius 2 is 1.83 bits per heavy atom. The molecule has 4 rings (SSSR count). The first-order valence-corrected chi connectivity index (χ1v) is 9.82. The molecule has 0 saturated carbocycles. The zero-order chi connectivity index (χ0) is 21.6. The SMILES string of the molecule is CC(C)(C)c1nn(-c2ccccc2)c2c1[C@H](c1c(F)cccc1Cl)C(C#N)=C(N)O2. The van der Waals surface area contributed by atoms with E-state index in [2.05, 4.69) is 6.07 Å². The molecule has 1 aliphatic rings. The van der Waals surface area contributed by atoms with Gasteiger partial charge in [0.15, 0.2) is 0 Å². The molecule has 2 aromatic carbocycles. The summed E-state index contributed by atoms with van der Waals surface area (Å²) < 4.78 is 22.5. The van der Waals surface area contributed by atoms with Crippen molar-refractivity contribution in [1.29, 1.82) is 5.26 Å².